The fourth-order valence-corrected chi connectivity index (χ4v) is 8.73. The summed E-state index contributed by atoms with van der Waals surface area (Å²) in [7, 11) is 0. The molecule has 1 fully saturated rings. The molecule has 2 heterocycles. The predicted molar refractivity (Wildman–Crippen MR) is 228 cm³/mol. The number of hydrogen-bond donors (Lipinski definition) is 3. The molecule has 0 aliphatic carbocycles. The molecule has 0 radical (unpaired) electrons. The lowest BCUT2D eigenvalue weighted by molar-refractivity contribution is 0.204. The van der Waals surface area contributed by atoms with Gasteiger partial charge in [0.25, 0.3) is 0 Å². The van der Waals surface area contributed by atoms with E-state index in [1.807, 2.05) is 0 Å². The molecular formula is C51H37N3O. The van der Waals surface area contributed by atoms with Gasteiger partial charge in [0, 0.05) is 16.3 Å². The van der Waals surface area contributed by atoms with E-state index in [0.717, 1.165) is 38.6 Å². The second kappa shape index (κ2) is 13.1. The van der Waals surface area contributed by atoms with Crippen LogP contribution in [0.25, 0.3) is 76.5 Å². The summed E-state index contributed by atoms with van der Waals surface area (Å²) >= 11 is 0. The van der Waals surface area contributed by atoms with Gasteiger partial charge in [-0.2, -0.15) is 0 Å². The SMILES string of the molecule is c1ccc(-c2cccc3c(-c4cccc5c4oc4cccc(C6NC(c7ccc8ccccc8c7)NC(c7ccc8ccccc8c7)N6)c45)cccc23)cc1. The number of fused-ring (bicyclic) bond motifs is 6. The zero-order valence-electron chi connectivity index (χ0n) is 30.0. The summed E-state index contributed by atoms with van der Waals surface area (Å²) in [6.07, 6.45) is -0.426. The monoisotopic (exact) mass is 707 g/mol. The Balaban J connectivity index is 1.05. The molecule has 0 amide bonds. The first kappa shape index (κ1) is 31.9. The molecule has 10 aromatic rings. The van der Waals surface area contributed by atoms with Crippen LogP contribution in [0, 0.1) is 0 Å². The maximum Gasteiger partial charge on any atom is 0.143 e. The molecule has 9 aromatic carbocycles. The molecular weight excluding hydrogens is 671 g/mol. The van der Waals surface area contributed by atoms with Crippen LogP contribution in [0.5, 0.6) is 0 Å². The molecule has 4 heteroatoms. The summed E-state index contributed by atoms with van der Waals surface area (Å²) in [5.74, 6) is 0. The van der Waals surface area contributed by atoms with Crippen LogP contribution in [-0.4, -0.2) is 0 Å². The summed E-state index contributed by atoms with van der Waals surface area (Å²) < 4.78 is 6.88. The van der Waals surface area contributed by atoms with Crippen LogP contribution >= 0.6 is 0 Å². The zero-order chi connectivity index (χ0) is 36.3. The van der Waals surface area contributed by atoms with Crippen molar-refractivity contribution in [3.05, 3.63) is 205 Å². The first-order valence-electron chi connectivity index (χ1n) is 19.0. The minimum Gasteiger partial charge on any atom is -0.455 e. The van der Waals surface area contributed by atoms with E-state index in [4.69, 9.17) is 4.42 Å². The van der Waals surface area contributed by atoms with Crippen LogP contribution in [0.3, 0.4) is 0 Å². The summed E-state index contributed by atoms with van der Waals surface area (Å²) in [6.45, 7) is 0. The summed E-state index contributed by atoms with van der Waals surface area (Å²) in [4.78, 5) is 0. The first-order valence-corrected chi connectivity index (χ1v) is 19.0. The third-order valence-corrected chi connectivity index (χ3v) is 11.4. The van der Waals surface area contributed by atoms with E-state index in [0.29, 0.717) is 0 Å². The van der Waals surface area contributed by atoms with Crippen molar-refractivity contribution >= 4 is 54.3 Å². The van der Waals surface area contributed by atoms with Gasteiger partial charge < -0.3 is 4.42 Å². The van der Waals surface area contributed by atoms with E-state index in [1.165, 1.54) is 54.6 Å². The van der Waals surface area contributed by atoms with E-state index in [2.05, 4.69) is 204 Å². The van der Waals surface area contributed by atoms with Gasteiger partial charge >= 0.3 is 0 Å². The van der Waals surface area contributed by atoms with E-state index in [1.54, 1.807) is 0 Å². The molecule has 1 aromatic heterocycles. The molecule has 0 bridgehead atoms. The fraction of sp³-hybridized carbons (Fsp3) is 0.0588. The van der Waals surface area contributed by atoms with Crippen LogP contribution in [0.2, 0.25) is 0 Å². The van der Waals surface area contributed by atoms with Crippen molar-refractivity contribution in [2.75, 3.05) is 0 Å². The fourth-order valence-electron chi connectivity index (χ4n) is 8.73. The highest BCUT2D eigenvalue weighted by Gasteiger charge is 2.32. The minimum atomic E-state index is -0.187. The largest absolute Gasteiger partial charge is 0.455 e. The van der Waals surface area contributed by atoms with Crippen molar-refractivity contribution in [2.24, 2.45) is 0 Å². The van der Waals surface area contributed by atoms with E-state index in [-0.39, 0.29) is 18.5 Å². The second-order valence-electron chi connectivity index (χ2n) is 14.6. The van der Waals surface area contributed by atoms with Gasteiger partial charge in [-0.3, -0.25) is 16.0 Å². The van der Waals surface area contributed by atoms with Crippen LogP contribution in [-0.2, 0) is 0 Å². The van der Waals surface area contributed by atoms with Gasteiger partial charge in [0.05, 0.1) is 18.5 Å². The Labute approximate surface area is 319 Å². The Bertz CT molecular complexity index is 2970. The maximum atomic E-state index is 6.88. The number of rotatable bonds is 5. The van der Waals surface area contributed by atoms with Crippen molar-refractivity contribution in [3.63, 3.8) is 0 Å². The molecule has 3 N–H and O–H groups in total. The average Bonchev–Trinajstić information content (AvgIpc) is 3.65. The zero-order valence-corrected chi connectivity index (χ0v) is 30.0. The van der Waals surface area contributed by atoms with Crippen molar-refractivity contribution in [1.82, 2.24) is 16.0 Å². The smallest absolute Gasteiger partial charge is 0.143 e. The number of para-hydroxylation sites is 1. The normalized spacial score (nSPS) is 17.4. The molecule has 11 rings (SSSR count). The molecule has 2 atom stereocenters. The van der Waals surface area contributed by atoms with Gasteiger partial charge in [0.1, 0.15) is 11.2 Å². The van der Waals surface area contributed by atoms with E-state index >= 15 is 0 Å². The Morgan fingerprint density at radius 1 is 0.364 bits per heavy atom. The third-order valence-electron chi connectivity index (χ3n) is 11.4. The van der Waals surface area contributed by atoms with Crippen molar-refractivity contribution in [3.8, 4) is 22.3 Å². The molecule has 1 saturated heterocycles. The highest BCUT2D eigenvalue weighted by molar-refractivity contribution is 6.14. The molecule has 262 valence electrons. The Morgan fingerprint density at radius 2 is 0.891 bits per heavy atom. The lowest BCUT2D eigenvalue weighted by Gasteiger charge is -2.40. The number of benzene rings is 9. The molecule has 55 heavy (non-hydrogen) atoms. The molecule has 0 saturated carbocycles. The summed E-state index contributed by atoms with van der Waals surface area (Å²) in [6, 6.07) is 67.5. The van der Waals surface area contributed by atoms with Crippen LogP contribution in [0.15, 0.2) is 192 Å². The minimum absolute atomic E-state index is 0.120. The Kier molecular flexibility index (Phi) is 7.59. The third kappa shape index (κ3) is 5.50. The molecule has 1 aliphatic rings. The maximum absolute atomic E-state index is 6.88. The predicted octanol–water partition coefficient (Wildman–Crippen LogP) is 12.6. The average molecular weight is 708 g/mol. The van der Waals surface area contributed by atoms with Gasteiger partial charge in [0.2, 0.25) is 0 Å². The summed E-state index contributed by atoms with van der Waals surface area (Å²) in [5, 5.41) is 21.4. The highest BCUT2D eigenvalue weighted by Crippen LogP contribution is 2.43. The molecule has 4 nitrogen and oxygen atoms in total. The summed E-state index contributed by atoms with van der Waals surface area (Å²) in [5.41, 5.74) is 9.98. The first-order chi connectivity index (χ1) is 27.2. The standard InChI is InChI=1S/C51H37N3O/c1-2-14-34(15-3-1)39-18-8-20-41-40(39)19-9-21-42(41)43-22-10-23-44-47-45(24-11-25-46(47)55-48(43)44)51-53-49(37-28-26-32-12-4-6-16-35(32)30-37)52-50(54-51)38-29-27-33-13-5-7-17-36(33)31-38/h1-31,49-54H. The van der Waals surface area contributed by atoms with Crippen LogP contribution < -0.4 is 16.0 Å². The number of hydrogen-bond acceptors (Lipinski definition) is 4. The quantitative estimate of drug-likeness (QED) is 0.167. The van der Waals surface area contributed by atoms with Gasteiger partial charge in [-0.15, -0.1) is 0 Å². The number of furan rings is 1. The molecule has 2 unspecified atom stereocenters. The van der Waals surface area contributed by atoms with Gasteiger partial charge in [0.15, 0.2) is 0 Å². The second-order valence-corrected chi connectivity index (χ2v) is 14.6. The topological polar surface area (TPSA) is 49.2 Å². The van der Waals surface area contributed by atoms with Gasteiger partial charge in [-0.05, 0) is 83.9 Å². The lowest BCUT2D eigenvalue weighted by Crippen LogP contribution is -2.54. The van der Waals surface area contributed by atoms with Crippen LogP contribution in [0.4, 0.5) is 0 Å². The van der Waals surface area contributed by atoms with Crippen LogP contribution in [0.1, 0.15) is 35.2 Å². The molecule has 0 spiro atoms. The Morgan fingerprint density at radius 3 is 1.56 bits per heavy atom. The highest BCUT2D eigenvalue weighted by atomic mass is 16.3. The van der Waals surface area contributed by atoms with Crippen molar-refractivity contribution in [1.29, 1.82) is 0 Å². The van der Waals surface area contributed by atoms with Gasteiger partial charge in [-0.1, -0.05) is 170 Å². The number of nitrogens with one attached hydrogen (secondary N) is 3. The van der Waals surface area contributed by atoms with Crippen molar-refractivity contribution in [2.45, 2.75) is 18.5 Å². The molecule has 1 aliphatic heterocycles. The van der Waals surface area contributed by atoms with Crippen molar-refractivity contribution < 1.29 is 4.42 Å². The van der Waals surface area contributed by atoms with E-state index < -0.39 is 0 Å². The van der Waals surface area contributed by atoms with E-state index in [9.17, 15) is 0 Å². The van der Waals surface area contributed by atoms with Gasteiger partial charge in [-0.25, -0.2) is 0 Å². The lowest BCUT2D eigenvalue weighted by atomic mass is 9.92. The Hall–Kier alpha value is -6.56.